The molecule has 2 heterocycles. The topological polar surface area (TPSA) is 8.17 Å². The molecule has 0 atom stereocenters. The Hall–Kier alpha value is -1.84. The Balaban J connectivity index is 1.62. The minimum Gasteiger partial charge on any atom is -0.343 e. The van der Waals surface area contributed by atoms with E-state index in [1.165, 1.54) is 40.6 Å². The molecule has 1 aromatic heterocycles. The third-order valence-electron chi connectivity index (χ3n) is 6.18. The molecule has 2 aliphatic rings. The summed E-state index contributed by atoms with van der Waals surface area (Å²) in [5.74, 6) is -0.161. The zero-order valence-corrected chi connectivity index (χ0v) is 15.7. The van der Waals surface area contributed by atoms with Gasteiger partial charge in [-0.3, -0.25) is 0 Å². The van der Waals surface area contributed by atoms with Crippen LogP contribution in [0.1, 0.15) is 29.7 Å². The molecular weight excluding hydrogens is 347 g/mol. The Morgan fingerprint density at radius 1 is 1.12 bits per heavy atom. The first kappa shape index (κ1) is 16.3. The first-order valence-corrected chi connectivity index (χ1v) is 9.68. The van der Waals surface area contributed by atoms with Crippen molar-refractivity contribution in [2.45, 2.75) is 37.8 Å². The molecule has 0 N–H and O–H groups in total. The average molecular weight is 369 g/mol. The van der Waals surface area contributed by atoms with Gasteiger partial charge in [0.15, 0.2) is 0 Å². The van der Waals surface area contributed by atoms with Crippen LogP contribution in [0.2, 0.25) is 5.02 Å². The molecule has 0 unspecified atom stereocenters. The lowest BCUT2D eigenvalue weighted by atomic mass is 9.95. The molecule has 0 saturated heterocycles. The van der Waals surface area contributed by atoms with E-state index in [0.717, 1.165) is 31.1 Å². The second kappa shape index (κ2) is 5.83. The number of nitrogens with zero attached hydrogens (tertiary/aromatic N) is 2. The molecule has 5 rings (SSSR count). The van der Waals surface area contributed by atoms with Crippen molar-refractivity contribution in [2.75, 3.05) is 13.6 Å². The van der Waals surface area contributed by atoms with Crippen molar-refractivity contribution < 1.29 is 4.39 Å². The smallest absolute Gasteiger partial charge is 0.123 e. The lowest BCUT2D eigenvalue weighted by Gasteiger charge is -2.26. The fraction of sp³-hybridized carbons (Fsp3) is 0.364. The van der Waals surface area contributed by atoms with Gasteiger partial charge in [-0.25, -0.2) is 4.39 Å². The van der Waals surface area contributed by atoms with Crippen LogP contribution in [0.3, 0.4) is 0 Å². The van der Waals surface area contributed by atoms with E-state index < -0.39 is 0 Å². The van der Waals surface area contributed by atoms with Gasteiger partial charge < -0.3 is 9.47 Å². The first-order chi connectivity index (χ1) is 12.6. The maximum atomic E-state index is 13.4. The highest BCUT2D eigenvalue weighted by atomic mass is 35.5. The Morgan fingerprint density at radius 3 is 2.62 bits per heavy atom. The maximum absolute atomic E-state index is 13.4. The predicted octanol–water partition coefficient (Wildman–Crippen LogP) is 5.15. The number of hydrogen-bond donors (Lipinski definition) is 0. The molecule has 4 heteroatoms. The molecule has 26 heavy (non-hydrogen) atoms. The molecule has 0 spiro atoms. The monoisotopic (exact) mass is 368 g/mol. The van der Waals surface area contributed by atoms with Gasteiger partial charge in [0.05, 0.1) is 0 Å². The summed E-state index contributed by atoms with van der Waals surface area (Å²) in [6.45, 7) is 3.03. The van der Waals surface area contributed by atoms with Gasteiger partial charge in [-0.2, -0.15) is 0 Å². The van der Waals surface area contributed by atoms with Crippen molar-refractivity contribution in [1.29, 1.82) is 0 Å². The molecule has 3 aromatic rings. The third kappa shape index (κ3) is 2.57. The van der Waals surface area contributed by atoms with Crippen LogP contribution in [0, 0.1) is 5.82 Å². The number of aromatic nitrogens is 1. The average Bonchev–Trinajstić information content (AvgIpc) is 3.35. The van der Waals surface area contributed by atoms with Gasteiger partial charge in [-0.1, -0.05) is 23.7 Å². The second-order valence-corrected chi connectivity index (χ2v) is 8.38. The summed E-state index contributed by atoms with van der Waals surface area (Å²) in [5.41, 5.74) is 5.57. The molecule has 2 nitrogen and oxygen atoms in total. The summed E-state index contributed by atoms with van der Waals surface area (Å²) in [7, 11) is 2.18. The molecular formula is C22H22ClFN2. The zero-order valence-electron chi connectivity index (χ0n) is 14.9. The summed E-state index contributed by atoms with van der Waals surface area (Å²) in [4.78, 5) is 2.37. The SMILES string of the molecule is CN1CCc2c(c3cc(Cl)ccc3n2CC2(c3ccc(F)cc3)CC2)C1. The lowest BCUT2D eigenvalue weighted by molar-refractivity contribution is 0.308. The fourth-order valence-corrected chi connectivity index (χ4v) is 4.70. The summed E-state index contributed by atoms with van der Waals surface area (Å²) in [6.07, 6.45) is 3.40. The number of benzene rings is 2. The van der Waals surface area contributed by atoms with E-state index in [4.69, 9.17) is 11.6 Å². The molecule has 1 fully saturated rings. The van der Waals surface area contributed by atoms with Crippen molar-refractivity contribution in [3.63, 3.8) is 0 Å². The standard InChI is InChI=1S/C22H22ClFN2/c1-25-11-8-21-19(13-25)18-12-16(23)4-7-20(18)26(21)14-22(9-10-22)15-2-5-17(24)6-3-15/h2-7,12H,8-11,13-14H2,1H3. The quantitative estimate of drug-likeness (QED) is 0.620. The zero-order chi connectivity index (χ0) is 17.9. The number of fused-ring (bicyclic) bond motifs is 3. The largest absolute Gasteiger partial charge is 0.343 e. The van der Waals surface area contributed by atoms with Gasteiger partial charge in [0.1, 0.15) is 5.82 Å². The van der Waals surface area contributed by atoms with E-state index in [1.807, 2.05) is 18.2 Å². The van der Waals surface area contributed by atoms with Crippen LogP contribution in [-0.4, -0.2) is 23.1 Å². The van der Waals surface area contributed by atoms with Crippen LogP contribution in [0.5, 0.6) is 0 Å². The van der Waals surface area contributed by atoms with Crippen LogP contribution in [0.4, 0.5) is 4.39 Å². The van der Waals surface area contributed by atoms with E-state index in [1.54, 1.807) is 12.1 Å². The second-order valence-electron chi connectivity index (χ2n) is 7.95. The molecule has 1 saturated carbocycles. The molecule has 1 aliphatic heterocycles. The van der Waals surface area contributed by atoms with E-state index >= 15 is 0 Å². The van der Waals surface area contributed by atoms with Crippen LogP contribution >= 0.6 is 11.6 Å². The fourth-order valence-electron chi connectivity index (χ4n) is 4.53. The molecule has 0 radical (unpaired) electrons. The Bertz CT molecular complexity index is 986. The van der Waals surface area contributed by atoms with Crippen molar-refractivity contribution in [3.05, 3.63) is 70.1 Å². The molecule has 134 valence electrons. The van der Waals surface area contributed by atoms with Crippen LogP contribution in [-0.2, 0) is 24.9 Å². The highest BCUT2D eigenvalue weighted by molar-refractivity contribution is 6.31. The van der Waals surface area contributed by atoms with E-state index in [9.17, 15) is 4.39 Å². The van der Waals surface area contributed by atoms with Crippen LogP contribution in [0.25, 0.3) is 10.9 Å². The van der Waals surface area contributed by atoms with Gasteiger partial charge in [0.25, 0.3) is 0 Å². The highest BCUT2D eigenvalue weighted by Crippen LogP contribution is 2.50. The molecule has 0 bridgehead atoms. The van der Waals surface area contributed by atoms with Crippen molar-refractivity contribution in [2.24, 2.45) is 0 Å². The van der Waals surface area contributed by atoms with E-state index in [0.29, 0.717) is 0 Å². The Labute approximate surface area is 158 Å². The molecule has 1 aliphatic carbocycles. The summed E-state index contributed by atoms with van der Waals surface area (Å²) >= 11 is 6.30. The third-order valence-corrected chi connectivity index (χ3v) is 6.41. The lowest BCUT2D eigenvalue weighted by Crippen LogP contribution is -2.28. The highest BCUT2D eigenvalue weighted by Gasteiger charge is 2.45. The number of rotatable bonds is 3. The predicted molar refractivity (Wildman–Crippen MR) is 104 cm³/mol. The van der Waals surface area contributed by atoms with Gasteiger partial charge in [0, 0.05) is 53.1 Å². The minimum absolute atomic E-state index is 0.149. The van der Waals surface area contributed by atoms with Crippen molar-refractivity contribution >= 4 is 22.5 Å². The van der Waals surface area contributed by atoms with Gasteiger partial charge in [0.2, 0.25) is 0 Å². The molecule has 0 amide bonds. The first-order valence-electron chi connectivity index (χ1n) is 9.30. The maximum Gasteiger partial charge on any atom is 0.123 e. The summed E-state index contributed by atoms with van der Waals surface area (Å²) in [5, 5.41) is 2.08. The van der Waals surface area contributed by atoms with Crippen LogP contribution in [0.15, 0.2) is 42.5 Å². The summed E-state index contributed by atoms with van der Waals surface area (Å²) in [6, 6.07) is 13.4. The number of likely N-dealkylation sites (N-methyl/N-ethyl adjacent to an activating group) is 1. The van der Waals surface area contributed by atoms with Gasteiger partial charge in [-0.05, 0) is 61.3 Å². The van der Waals surface area contributed by atoms with Crippen LogP contribution < -0.4 is 0 Å². The minimum atomic E-state index is -0.161. The number of hydrogen-bond acceptors (Lipinski definition) is 1. The Kier molecular flexibility index (Phi) is 3.67. The normalized spacial score (nSPS) is 18.9. The van der Waals surface area contributed by atoms with Gasteiger partial charge in [-0.15, -0.1) is 0 Å². The number of halogens is 2. The van der Waals surface area contributed by atoms with Gasteiger partial charge >= 0.3 is 0 Å². The van der Waals surface area contributed by atoms with Crippen molar-refractivity contribution in [1.82, 2.24) is 9.47 Å². The molecule has 2 aromatic carbocycles. The van der Waals surface area contributed by atoms with E-state index in [2.05, 4.69) is 28.6 Å². The summed E-state index contributed by atoms with van der Waals surface area (Å²) < 4.78 is 15.9. The van der Waals surface area contributed by atoms with E-state index in [-0.39, 0.29) is 11.2 Å². The van der Waals surface area contributed by atoms with Crippen molar-refractivity contribution in [3.8, 4) is 0 Å². The Morgan fingerprint density at radius 2 is 1.88 bits per heavy atom.